The molecule has 0 saturated carbocycles. The van der Waals surface area contributed by atoms with Crippen molar-refractivity contribution in [2.75, 3.05) is 20.8 Å². The molecule has 0 atom stereocenters. The second kappa shape index (κ2) is 6.42. The zero-order chi connectivity index (χ0) is 12.0. The molecule has 0 radical (unpaired) electrons. The van der Waals surface area contributed by atoms with Crippen LogP contribution in [0.15, 0.2) is 12.1 Å². The Labute approximate surface area is 95.4 Å². The van der Waals surface area contributed by atoms with Crippen LogP contribution in [0.4, 0.5) is 0 Å². The number of hydrogen-bond donors (Lipinski definition) is 2. The number of aromatic nitrogens is 1. The molecular formula is C11H18N2O3. The van der Waals surface area contributed by atoms with E-state index in [1.54, 1.807) is 26.4 Å². The van der Waals surface area contributed by atoms with Gasteiger partial charge in [0, 0.05) is 33.0 Å². The van der Waals surface area contributed by atoms with Gasteiger partial charge in [0.2, 0.25) is 0 Å². The van der Waals surface area contributed by atoms with Gasteiger partial charge in [-0.1, -0.05) is 0 Å². The number of aromatic hydroxyl groups is 1. The van der Waals surface area contributed by atoms with E-state index in [0.29, 0.717) is 18.8 Å². The average Bonchev–Trinajstić information content (AvgIpc) is 2.29. The van der Waals surface area contributed by atoms with Crippen molar-refractivity contribution in [2.45, 2.75) is 19.8 Å². The smallest absolute Gasteiger partial charge is 0.169 e. The first-order valence-corrected chi connectivity index (χ1v) is 5.09. The van der Waals surface area contributed by atoms with E-state index in [4.69, 9.17) is 9.47 Å². The van der Waals surface area contributed by atoms with Gasteiger partial charge in [-0.3, -0.25) is 4.98 Å². The number of ether oxygens (including phenoxy) is 2. The highest BCUT2D eigenvalue weighted by Crippen LogP contribution is 2.13. The van der Waals surface area contributed by atoms with E-state index in [2.05, 4.69) is 10.3 Å². The van der Waals surface area contributed by atoms with Gasteiger partial charge in [-0.05, 0) is 19.1 Å². The van der Waals surface area contributed by atoms with Crippen molar-refractivity contribution >= 4 is 0 Å². The Hall–Kier alpha value is -1.17. The Kier molecular flexibility index (Phi) is 5.18. The summed E-state index contributed by atoms with van der Waals surface area (Å²) in [4.78, 5) is 4.23. The molecule has 1 aromatic rings. The first-order chi connectivity index (χ1) is 7.67. The van der Waals surface area contributed by atoms with Gasteiger partial charge in [0.15, 0.2) is 6.29 Å². The second-order valence-electron chi connectivity index (χ2n) is 3.45. The topological polar surface area (TPSA) is 63.6 Å². The number of aryl methyl sites for hydroxylation is 1. The monoisotopic (exact) mass is 226 g/mol. The minimum Gasteiger partial charge on any atom is -0.506 e. The highest BCUT2D eigenvalue weighted by Gasteiger charge is 2.06. The summed E-state index contributed by atoms with van der Waals surface area (Å²) in [6, 6.07) is 3.41. The summed E-state index contributed by atoms with van der Waals surface area (Å²) >= 11 is 0. The lowest BCUT2D eigenvalue weighted by Crippen LogP contribution is -2.29. The molecule has 5 heteroatoms. The SMILES string of the molecule is COC(CNCc1nc(C)ccc1O)OC. The zero-order valence-corrected chi connectivity index (χ0v) is 9.86. The number of methoxy groups -OCH3 is 2. The minimum absolute atomic E-state index is 0.199. The van der Waals surface area contributed by atoms with Crippen molar-refractivity contribution in [2.24, 2.45) is 0 Å². The maximum absolute atomic E-state index is 9.55. The Morgan fingerprint density at radius 2 is 2.06 bits per heavy atom. The number of pyridine rings is 1. The molecule has 1 rings (SSSR count). The van der Waals surface area contributed by atoms with Gasteiger partial charge < -0.3 is 19.9 Å². The third-order valence-electron chi connectivity index (χ3n) is 2.22. The molecule has 0 bridgehead atoms. The van der Waals surface area contributed by atoms with Crippen LogP contribution >= 0.6 is 0 Å². The van der Waals surface area contributed by atoms with Crippen LogP contribution in [-0.2, 0) is 16.0 Å². The molecule has 0 aliphatic carbocycles. The van der Waals surface area contributed by atoms with Crippen molar-refractivity contribution in [3.05, 3.63) is 23.5 Å². The Bertz CT molecular complexity index is 327. The number of hydrogen-bond acceptors (Lipinski definition) is 5. The van der Waals surface area contributed by atoms with Crippen molar-refractivity contribution in [3.63, 3.8) is 0 Å². The number of rotatable bonds is 6. The van der Waals surface area contributed by atoms with Crippen LogP contribution in [0, 0.1) is 6.92 Å². The van der Waals surface area contributed by atoms with E-state index < -0.39 is 0 Å². The van der Waals surface area contributed by atoms with Gasteiger partial charge in [0.1, 0.15) is 5.75 Å². The van der Waals surface area contributed by atoms with Crippen LogP contribution in [0.2, 0.25) is 0 Å². The molecule has 5 nitrogen and oxygen atoms in total. The van der Waals surface area contributed by atoms with Crippen molar-refractivity contribution < 1.29 is 14.6 Å². The predicted molar refractivity (Wildman–Crippen MR) is 60.2 cm³/mol. The Balaban J connectivity index is 2.45. The summed E-state index contributed by atoms with van der Waals surface area (Å²) < 4.78 is 10.0. The Morgan fingerprint density at radius 3 is 2.69 bits per heavy atom. The van der Waals surface area contributed by atoms with Crippen LogP contribution in [0.25, 0.3) is 0 Å². The fourth-order valence-corrected chi connectivity index (χ4v) is 1.30. The van der Waals surface area contributed by atoms with Gasteiger partial charge in [-0.2, -0.15) is 0 Å². The molecule has 2 N–H and O–H groups in total. The second-order valence-corrected chi connectivity index (χ2v) is 3.45. The van der Waals surface area contributed by atoms with Crippen molar-refractivity contribution in [1.82, 2.24) is 10.3 Å². The van der Waals surface area contributed by atoms with Crippen LogP contribution < -0.4 is 5.32 Å². The predicted octanol–water partition coefficient (Wildman–Crippen LogP) is 0.804. The first-order valence-electron chi connectivity index (χ1n) is 5.09. The summed E-state index contributed by atoms with van der Waals surface area (Å²) in [5, 5.41) is 12.6. The van der Waals surface area contributed by atoms with E-state index in [1.807, 2.05) is 6.92 Å². The highest BCUT2D eigenvalue weighted by molar-refractivity contribution is 5.27. The maximum Gasteiger partial charge on any atom is 0.169 e. The van der Waals surface area contributed by atoms with Gasteiger partial charge >= 0.3 is 0 Å². The number of nitrogens with zero attached hydrogens (tertiary/aromatic N) is 1. The van der Waals surface area contributed by atoms with Crippen LogP contribution in [0.1, 0.15) is 11.4 Å². The normalized spacial score (nSPS) is 11.0. The Morgan fingerprint density at radius 1 is 1.38 bits per heavy atom. The summed E-state index contributed by atoms with van der Waals surface area (Å²) in [6.45, 7) is 2.91. The molecule has 0 fully saturated rings. The summed E-state index contributed by atoms with van der Waals surface area (Å²) in [6.07, 6.45) is -0.285. The van der Waals surface area contributed by atoms with Crippen molar-refractivity contribution in [3.8, 4) is 5.75 Å². The fraction of sp³-hybridized carbons (Fsp3) is 0.545. The van der Waals surface area contributed by atoms with E-state index in [-0.39, 0.29) is 12.0 Å². The molecule has 0 spiro atoms. The third kappa shape index (κ3) is 3.77. The molecule has 1 heterocycles. The van der Waals surface area contributed by atoms with E-state index in [9.17, 15) is 5.11 Å². The van der Waals surface area contributed by atoms with Crippen LogP contribution in [-0.4, -0.2) is 37.1 Å². The third-order valence-corrected chi connectivity index (χ3v) is 2.22. The van der Waals surface area contributed by atoms with E-state index >= 15 is 0 Å². The van der Waals surface area contributed by atoms with E-state index in [1.165, 1.54) is 0 Å². The van der Waals surface area contributed by atoms with E-state index in [0.717, 1.165) is 5.69 Å². The summed E-state index contributed by atoms with van der Waals surface area (Å²) in [5.74, 6) is 0.199. The van der Waals surface area contributed by atoms with Gasteiger partial charge in [0.05, 0.1) is 5.69 Å². The molecule has 0 aliphatic heterocycles. The van der Waals surface area contributed by atoms with Gasteiger partial charge in [0.25, 0.3) is 0 Å². The molecular weight excluding hydrogens is 208 g/mol. The molecule has 90 valence electrons. The van der Waals surface area contributed by atoms with Crippen LogP contribution in [0.5, 0.6) is 5.75 Å². The van der Waals surface area contributed by atoms with Gasteiger partial charge in [-0.15, -0.1) is 0 Å². The van der Waals surface area contributed by atoms with Crippen LogP contribution in [0.3, 0.4) is 0 Å². The minimum atomic E-state index is -0.285. The quantitative estimate of drug-likeness (QED) is 0.703. The number of nitrogens with one attached hydrogen (secondary N) is 1. The molecule has 16 heavy (non-hydrogen) atoms. The fourth-order valence-electron chi connectivity index (χ4n) is 1.30. The molecule has 0 aliphatic rings. The summed E-state index contributed by atoms with van der Waals surface area (Å²) in [7, 11) is 3.16. The molecule has 0 amide bonds. The molecule has 0 unspecified atom stereocenters. The maximum atomic E-state index is 9.55. The zero-order valence-electron chi connectivity index (χ0n) is 9.86. The first kappa shape index (κ1) is 12.9. The standard InChI is InChI=1S/C11H18N2O3/c1-8-4-5-10(14)9(13-8)6-12-7-11(15-2)16-3/h4-5,11-12,14H,6-7H2,1-3H3. The average molecular weight is 226 g/mol. The molecule has 0 saturated heterocycles. The lowest BCUT2D eigenvalue weighted by Gasteiger charge is -2.14. The lowest BCUT2D eigenvalue weighted by atomic mass is 10.3. The van der Waals surface area contributed by atoms with Crippen molar-refractivity contribution in [1.29, 1.82) is 0 Å². The van der Waals surface area contributed by atoms with Gasteiger partial charge in [-0.25, -0.2) is 0 Å². The molecule has 1 aromatic heterocycles. The highest BCUT2D eigenvalue weighted by atomic mass is 16.7. The summed E-state index contributed by atoms with van der Waals surface area (Å²) in [5.41, 5.74) is 1.51. The largest absolute Gasteiger partial charge is 0.506 e. The lowest BCUT2D eigenvalue weighted by molar-refractivity contribution is -0.0989. The molecule has 0 aromatic carbocycles.